The van der Waals surface area contributed by atoms with Gasteiger partial charge in [0.05, 0.1) is 11.9 Å². The van der Waals surface area contributed by atoms with E-state index in [9.17, 15) is 9.59 Å². The molecule has 0 saturated heterocycles. The third kappa shape index (κ3) is 3.40. The monoisotopic (exact) mass is 389 g/mol. The van der Waals surface area contributed by atoms with Crippen LogP contribution < -0.4 is 5.32 Å². The Kier molecular flexibility index (Phi) is 4.52. The number of imidazole rings is 1. The zero-order valence-corrected chi connectivity index (χ0v) is 14.1. The van der Waals surface area contributed by atoms with Crippen LogP contribution in [0.1, 0.15) is 17.3 Å². The van der Waals surface area contributed by atoms with Crippen molar-refractivity contribution >= 4 is 44.8 Å². The predicted octanol–water partition coefficient (Wildman–Crippen LogP) is 2.30. The first kappa shape index (κ1) is 16.1. The largest absolute Gasteiger partial charge is 0.449 e. The van der Waals surface area contributed by atoms with Crippen LogP contribution >= 0.6 is 15.9 Å². The number of ether oxygens (including phenoxy) is 1. The molecule has 0 bridgehead atoms. The van der Waals surface area contributed by atoms with E-state index in [1.54, 1.807) is 24.3 Å². The van der Waals surface area contributed by atoms with E-state index in [4.69, 9.17) is 4.74 Å². The van der Waals surface area contributed by atoms with Crippen molar-refractivity contribution in [1.29, 1.82) is 0 Å². The molecule has 3 rings (SSSR count). The van der Waals surface area contributed by atoms with Crippen molar-refractivity contribution in [3.05, 3.63) is 47.0 Å². The molecule has 9 heteroatoms. The number of nitrogens with zero attached hydrogens (tertiary/aromatic N) is 3. The highest BCUT2D eigenvalue weighted by Gasteiger charge is 2.20. The molecule has 0 fully saturated rings. The summed E-state index contributed by atoms with van der Waals surface area (Å²) in [6.07, 6.45) is 1.75. The maximum atomic E-state index is 12.2. The number of rotatable bonds is 4. The van der Waals surface area contributed by atoms with Crippen molar-refractivity contribution < 1.29 is 14.3 Å². The Labute approximate surface area is 144 Å². The number of H-pyrrole nitrogens is 1. The molecule has 2 N–H and O–H groups in total. The predicted molar refractivity (Wildman–Crippen MR) is 89.3 cm³/mol. The number of carbonyl (C=O) groups is 2. The van der Waals surface area contributed by atoms with Crippen molar-refractivity contribution in [3.63, 3.8) is 0 Å². The molecule has 0 aliphatic heterocycles. The standard InChI is InChI=1S/C15H12BrN5O3/c1-8(24-15(23)9-2-4-10(16)5-3-9)14(22)21-13-11-12(18-6-17-11)19-7-20-13/h2-8H,1H3,(H2,17,18,19,20,21,22)/t8-/m0/s1. The summed E-state index contributed by atoms with van der Waals surface area (Å²) >= 11 is 3.29. The fraction of sp³-hybridized carbons (Fsp3) is 0.133. The van der Waals surface area contributed by atoms with Crippen LogP contribution in [0.4, 0.5) is 5.82 Å². The number of anilines is 1. The minimum atomic E-state index is -0.992. The van der Waals surface area contributed by atoms with E-state index in [1.165, 1.54) is 19.6 Å². The third-order valence-electron chi connectivity index (χ3n) is 3.20. The molecule has 1 atom stereocenters. The van der Waals surface area contributed by atoms with Gasteiger partial charge in [0.15, 0.2) is 17.6 Å². The molecule has 0 radical (unpaired) electrons. The van der Waals surface area contributed by atoms with Crippen LogP contribution in [0, 0.1) is 0 Å². The fourth-order valence-electron chi connectivity index (χ4n) is 1.95. The number of nitrogens with one attached hydrogen (secondary N) is 2. The highest BCUT2D eigenvalue weighted by molar-refractivity contribution is 9.10. The molecule has 0 spiro atoms. The quantitative estimate of drug-likeness (QED) is 0.662. The molecule has 0 aliphatic rings. The molecule has 122 valence electrons. The second-order valence-electron chi connectivity index (χ2n) is 4.87. The molecule has 1 amide bonds. The zero-order valence-electron chi connectivity index (χ0n) is 12.5. The summed E-state index contributed by atoms with van der Waals surface area (Å²) in [4.78, 5) is 39.0. The van der Waals surface area contributed by atoms with E-state index in [-0.39, 0.29) is 5.82 Å². The first-order chi connectivity index (χ1) is 11.5. The summed E-state index contributed by atoms with van der Waals surface area (Å²) in [5, 5.41) is 2.59. The number of hydrogen-bond donors (Lipinski definition) is 2. The normalized spacial score (nSPS) is 11.9. The van der Waals surface area contributed by atoms with Gasteiger partial charge in [0.2, 0.25) is 0 Å². The van der Waals surface area contributed by atoms with E-state index in [2.05, 4.69) is 41.2 Å². The molecule has 1 aromatic carbocycles. The Balaban J connectivity index is 1.67. The molecule has 0 aliphatic carbocycles. The fourth-order valence-corrected chi connectivity index (χ4v) is 2.21. The van der Waals surface area contributed by atoms with Gasteiger partial charge in [0.25, 0.3) is 5.91 Å². The van der Waals surface area contributed by atoms with Crippen LogP contribution in [0.5, 0.6) is 0 Å². The van der Waals surface area contributed by atoms with Crippen molar-refractivity contribution in [2.24, 2.45) is 0 Å². The molecule has 3 aromatic rings. The van der Waals surface area contributed by atoms with Gasteiger partial charge in [-0.05, 0) is 31.2 Å². The van der Waals surface area contributed by atoms with Crippen molar-refractivity contribution in [2.75, 3.05) is 5.32 Å². The molecule has 2 heterocycles. The van der Waals surface area contributed by atoms with Gasteiger partial charge in [-0.25, -0.2) is 19.7 Å². The summed E-state index contributed by atoms with van der Waals surface area (Å²) in [6, 6.07) is 6.65. The Morgan fingerprint density at radius 1 is 1.21 bits per heavy atom. The van der Waals surface area contributed by atoms with Gasteiger partial charge < -0.3 is 15.0 Å². The van der Waals surface area contributed by atoms with E-state index in [1.807, 2.05) is 0 Å². The lowest BCUT2D eigenvalue weighted by atomic mass is 10.2. The number of fused-ring (bicyclic) bond motifs is 1. The second kappa shape index (κ2) is 6.75. The highest BCUT2D eigenvalue weighted by atomic mass is 79.9. The molecule has 2 aromatic heterocycles. The van der Waals surface area contributed by atoms with E-state index < -0.39 is 18.0 Å². The maximum absolute atomic E-state index is 12.2. The lowest BCUT2D eigenvalue weighted by molar-refractivity contribution is -0.123. The molecule has 24 heavy (non-hydrogen) atoms. The van der Waals surface area contributed by atoms with Crippen LogP contribution in [0.25, 0.3) is 11.2 Å². The molecule has 0 saturated carbocycles. The van der Waals surface area contributed by atoms with E-state index in [0.29, 0.717) is 16.7 Å². The van der Waals surface area contributed by atoms with Gasteiger partial charge in [-0.2, -0.15) is 0 Å². The molecule has 8 nitrogen and oxygen atoms in total. The first-order valence-electron chi connectivity index (χ1n) is 6.96. The zero-order chi connectivity index (χ0) is 17.1. The average Bonchev–Trinajstić information content (AvgIpc) is 3.05. The van der Waals surface area contributed by atoms with Crippen molar-refractivity contribution in [3.8, 4) is 0 Å². The number of amides is 1. The Morgan fingerprint density at radius 3 is 2.71 bits per heavy atom. The lowest BCUT2D eigenvalue weighted by Crippen LogP contribution is -2.30. The molecular formula is C15H12BrN5O3. The van der Waals surface area contributed by atoms with Crippen LogP contribution in [0.2, 0.25) is 0 Å². The van der Waals surface area contributed by atoms with Crippen molar-refractivity contribution in [2.45, 2.75) is 13.0 Å². The Hall–Kier alpha value is -2.81. The average molecular weight is 390 g/mol. The van der Waals surface area contributed by atoms with Crippen molar-refractivity contribution in [1.82, 2.24) is 19.9 Å². The van der Waals surface area contributed by atoms with Gasteiger partial charge >= 0.3 is 5.97 Å². The van der Waals surface area contributed by atoms with Crippen LogP contribution in [0.3, 0.4) is 0 Å². The maximum Gasteiger partial charge on any atom is 0.338 e. The summed E-state index contributed by atoms with van der Waals surface area (Å²) in [5.41, 5.74) is 1.29. The smallest absolute Gasteiger partial charge is 0.338 e. The van der Waals surface area contributed by atoms with Gasteiger partial charge in [-0.1, -0.05) is 15.9 Å². The number of benzene rings is 1. The number of aromatic nitrogens is 4. The minimum Gasteiger partial charge on any atom is -0.449 e. The van der Waals surface area contributed by atoms with Gasteiger partial charge in [-0.3, -0.25) is 4.79 Å². The van der Waals surface area contributed by atoms with Crippen LogP contribution in [-0.2, 0) is 9.53 Å². The summed E-state index contributed by atoms with van der Waals surface area (Å²) in [5.74, 6) is -0.816. The number of aromatic amines is 1. The van der Waals surface area contributed by atoms with Crippen LogP contribution in [0.15, 0.2) is 41.4 Å². The van der Waals surface area contributed by atoms with Gasteiger partial charge in [0.1, 0.15) is 11.8 Å². The highest BCUT2D eigenvalue weighted by Crippen LogP contribution is 2.16. The summed E-state index contributed by atoms with van der Waals surface area (Å²) in [7, 11) is 0. The van der Waals surface area contributed by atoms with E-state index >= 15 is 0 Å². The third-order valence-corrected chi connectivity index (χ3v) is 3.73. The SMILES string of the molecule is C[C@H](OC(=O)c1ccc(Br)cc1)C(=O)Nc1ncnc2nc[nH]c12. The molecule has 0 unspecified atom stereocenters. The number of halogens is 1. The second-order valence-corrected chi connectivity index (χ2v) is 5.78. The number of carbonyl (C=O) groups excluding carboxylic acids is 2. The summed E-state index contributed by atoms with van der Waals surface area (Å²) < 4.78 is 6.01. The summed E-state index contributed by atoms with van der Waals surface area (Å²) in [6.45, 7) is 1.48. The lowest BCUT2D eigenvalue weighted by Gasteiger charge is -2.13. The topological polar surface area (TPSA) is 110 Å². The molecular weight excluding hydrogens is 378 g/mol. The number of esters is 1. The van der Waals surface area contributed by atoms with Gasteiger partial charge in [0, 0.05) is 4.47 Å². The van der Waals surface area contributed by atoms with Gasteiger partial charge in [-0.15, -0.1) is 0 Å². The minimum absolute atomic E-state index is 0.272. The van der Waals surface area contributed by atoms with E-state index in [0.717, 1.165) is 4.47 Å². The van der Waals surface area contributed by atoms with Crippen LogP contribution in [-0.4, -0.2) is 37.9 Å². The Morgan fingerprint density at radius 2 is 1.96 bits per heavy atom. The first-order valence-corrected chi connectivity index (χ1v) is 7.75. The number of hydrogen-bond acceptors (Lipinski definition) is 6. The Bertz CT molecular complexity index is 894.